The minimum Gasteiger partial charge on any atom is -0.407 e. The van der Waals surface area contributed by atoms with Crippen molar-refractivity contribution in [1.82, 2.24) is 15.5 Å². The highest BCUT2D eigenvalue weighted by atomic mass is 16.4. The Labute approximate surface area is 116 Å². The first-order chi connectivity index (χ1) is 9.06. The second kappa shape index (κ2) is 8.15. The average molecular weight is 268 g/mol. The van der Waals surface area contributed by atoms with Crippen LogP contribution >= 0.6 is 0 Å². The van der Waals surface area contributed by atoms with Crippen LogP contribution in [-0.2, 0) is 6.54 Å². The fourth-order valence-corrected chi connectivity index (χ4v) is 2.16. The summed E-state index contributed by atoms with van der Waals surface area (Å²) in [5.74, 6) is 1.89. The topological polar surface area (TPSA) is 63.0 Å². The van der Waals surface area contributed by atoms with Crippen molar-refractivity contribution in [2.75, 3.05) is 11.9 Å². The van der Waals surface area contributed by atoms with Crippen LogP contribution in [0.2, 0.25) is 0 Å². The summed E-state index contributed by atoms with van der Waals surface area (Å²) in [6.07, 6.45) is 2.31. The van der Waals surface area contributed by atoms with E-state index in [-0.39, 0.29) is 0 Å². The fraction of sp³-hybridized carbons (Fsp3) is 0.857. The van der Waals surface area contributed by atoms with Gasteiger partial charge in [-0.25, -0.2) is 0 Å². The van der Waals surface area contributed by atoms with Gasteiger partial charge in [0.15, 0.2) is 0 Å². The van der Waals surface area contributed by atoms with Gasteiger partial charge in [-0.05, 0) is 25.3 Å². The molecule has 1 rings (SSSR count). The molecule has 1 heterocycles. The van der Waals surface area contributed by atoms with Crippen LogP contribution in [-0.4, -0.2) is 22.8 Å². The smallest absolute Gasteiger partial charge is 0.315 e. The highest BCUT2D eigenvalue weighted by molar-refractivity contribution is 5.19. The van der Waals surface area contributed by atoms with E-state index in [1.54, 1.807) is 0 Å². The molecule has 5 nitrogen and oxygen atoms in total. The first kappa shape index (κ1) is 16.0. The third kappa shape index (κ3) is 5.59. The van der Waals surface area contributed by atoms with E-state index >= 15 is 0 Å². The average Bonchev–Trinajstić information content (AvgIpc) is 2.78. The van der Waals surface area contributed by atoms with E-state index in [1.807, 2.05) is 0 Å². The number of rotatable bonds is 9. The summed E-state index contributed by atoms with van der Waals surface area (Å²) < 4.78 is 5.58. The zero-order valence-electron chi connectivity index (χ0n) is 12.9. The van der Waals surface area contributed by atoms with Crippen molar-refractivity contribution in [1.29, 1.82) is 0 Å². The number of hydrogen-bond acceptors (Lipinski definition) is 5. The van der Waals surface area contributed by atoms with Gasteiger partial charge in [0.2, 0.25) is 5.89 Å². The zero-order valence-corrected chi connectivity index (χ0v) is 12.9. The number of hydrogen-bond donors (Lipinski definition) is 2. The van der Waals surface area contributed by atoms with E-state index in [0.29, 0.717) is 36.3 Å². The predicted molar refractivity (Wildman–Crippen MR) is 78.0 cm³/mol. The lowest BCUT2D eigenvalue weighted by atomic mass is 9.96. The SMILES string of the molecule is CCC(CC)C(C)Nc1nnc(CNCC(C)C)o1. The largest absolute Gasteiger partial charge is 0.407 e. The van der Waals surface area contributed by atoms with Crippen LogP contribution in [0.1, 0.15) is 53.4 Å². The van der Waals surface area contributed by atoms with Crippen LogP contribution in [0, 0.1) is 11.8 Å². The molecule has 0 aliphatic carbocycles. The molecule has 0 aliphatic rings. The van der Waals surface area contributed by atoms with Crippen LogP contribution in [0.25, 0.3) is 0 Å². The minimum absolute atomic E-state index is 0.354. The summed E-state index contributed by atoms with van der Waals surface area (Å²) in [7, 11) is 0. The molecule has 1 aromatic rings. The molecule has 0 radical (unpaired) electrons. The van der Waals surface area contributed by atoms with E-state index in [0.717, 1.165) is 19.4 Å². The molecule has 0 aliphatic heterocycles. The first-order valence-corrected chi connectivity index (χ1v) is 7.36. The molecule has 0 bridgehead atoms. The maximum absolute atomic E-state index is 5.58. The first-order valence-electron chi connectivity index (χ1n) is 7.36. The lowest BCUT2D eigenvalue weighted by Crippen LogP contribution is -2.25. The van der Waals surface area contributed by atoms with E-state index in [1.165, 1.54) is 0 Å². The van der Waals surface area contributed by atoms with Gasteiger partial charge in [-0.2, -0.15) is 0 Å². The van der Waals surface area contributed by atoms with Crippen LogP contribution in [0.4, 0.5) is 6.01 Å². The van der Waals surface area contributed by atoms with Gasteiger partial charge in [0.1, 0.15) is 0 Å². The molecule has 19 heavy (non-hydrogen) atoms. The Balaban J connectivity index is 2.41. The Morgan fingerprint density at radius 1 is 1.11 bits per heavy atom. The summed E-state index contributed by atoms with van der Waals surface area (Å²) in [6.45, 7) is 12.5. The molecule has 5 heteroatoms. The summed E-state index contributed by atoms with van der Waals surface area (Å²) in [4.78, 5) is 0. The zero-order chi connectivity index (χ0) is 14.3. The maximum Gasteiger partial charge on any atom is 0.315 e. The molecule has 1 unspecified atom stereocenters. The van der Waals surface area contributed by atoms with Gasteiger partial charge in [0, 0.05) is 6.04 Å². The Morgan fingerprint density at radius 3 is 2.37 bits per heavy atom. The van der Waals surface area contributed by atoms with E-state index in [9.17, 15) is 0 Å². The molecule has 0 saturated carbocycles. The van der Waals surface area contributed by atoms with Crippen LogP contribution in [0.5, 0.6) is 0 Å². The van der Waals surface area contributed by atoms with E-state index in [2.05, 4.69) is 55.4 Å². The maximum atomic E-state index is 5.58. The third-order valence-corrected chi connectivity index (χ3v) is 3.40. The highest BCUT2D eigenvalue weighted by Crippen LogP contribution is 2.17. The summed E-state index contributed by atoms with van der Waals surface area (Å²) in [6, 6.07) is 0.882. The molecule has 0 spiro atoms. The van der Waals surface area contributed by atoms with Gasteiger partial charge < -0.3 is 15.1 Å². The fourth-order valence-electron chi connectivity index (χ4n) is 2.16. The van der Waals surface area contributed by atoms with Gasteiger partial charge in [-0.1, -0.05) is 45.6 Å². The van der Waals surface area contributed by atoms with Crippen LogP contribution in [0.15, 0.2) is 4.42 Å². The Bertz CT molecular complexity index is 347. The van der Waals surface area contributed by atoms with Crippen molar-refractivity contribution in [3.8, 4) is 0 Å². The molecule has 0 aromatic carbocycles. The summed E-state index contributed by atoms with van der Waals surface area (Å²) >= 11 is 0. The normalized spacial score (nSPS) is 13.2. The highest BCUT2D eigenvalue weighted by Gasteiger charge is 2.16. The molecule has 1 atom stereocenters. The van der Waals surface area contributed by atoms with Crippen molar-refractivity contribution in [3.63, 3.8) is 0 Å². The number of nitrogens with zero attached hydrogens (tertiary/aromatic N) is 2. The molecule has 110 valence electrons. The van der Waals surface area contributed by atoms with Crippen LogP contribution < -0.4 is 10.6 Å². The number of anilines is 1. The Hall–Kier alpha value is -1.10. The summed E-state index contributed by atoms with van der Waals surface area (Å²) in [5.41, 5.74) is 0. The molecular weight excluding hydrogens is 240 g/mol. The van der Waals surface area contributed by atoms with Crippen LogP contribution in [0.3, 0.4) is 0 Å². The lowest BCUT2D eigenvalue weighted by Gasteiger charge is -2.20. The molecule has 0 saturated heterocycles. The monoisotopic (exact) mass is 268 g/mol. The van der Waals surface area contributed by atoms with Gasteiger partial charge in [-0.3, -0.25) is 0 Å². The summed E-state index contributed by atoms with van der Waals surface area (Å²) in [5, 5.41) is 14.7. The number of aromatic nitrogens is 2. The van der Waals surface area contributed by atoms with Crippen molar-refractivity contribution >= 4 is 6.01 Å². The second-order valence-electron chi connectivity index (χ2n) is 5.54. The third-order valence-electron chi connectivity index (χ3n) is 3.40. The molecule has 0 fully saturated rings. The van der Waals surface area contributed by atoms with E-state index < -0.39 is 0 Å². The van der Waals surface area contributed by atoms with Crippen molar-refractivity contribution < 1.29 is 4.42 Å². The van der Waals surface area contributed by atoms with Gasteiger partial charge in [0.05, 0.1) is 6.54 Å². The molecular formula is C14H28N4O. The lowest BCUT2D eigenvalue weighted by molar-refractivity contribution is 0.416. The molecule has 2 N–H and O–H groups in total. The van der Waals surface area contributed by atoms with Gasteiger partial charge in [-0.15, -0.1) is 5.10 Å². The van der Waals surface area contributed by atoms with E-state index in [4.69, 9.17) is 4.42 Å². The molecule has 0 amide bonds. The quantitative estimate of drug-likeness (QED) is 0.720. The Kier molecular flexibility index (Phi) is 6.84. The predicted octanol–water partition coefficient (Wildman–Crippen LogP) is 3.05. The minimum atomic E-state index is 0.354. The number of nitrogens with one attached hydrogen (secondary N) is 2. The van der Waals surface area contributed by atoms with Gasteiger partial charge >= 0.3 is 6.01 Å². The van der Waals surface area contributed by atoms with Crippen molar-refractivity contribution in [2.45, 2.75) is 60.0 Å². The Morgan fingerprint density at radius 2 is 1.79 bits per heavy atom. The van der Waals surface area contributed by atoms with Crippen molar-refractivity contribution in [3.05, 3.63) is 5.89 Å². The standard InChI is InChI=1S/C14H28N4O/c1-6-12(7-2)11(5)16-14-18-17-13(19-14)9-15-8-10(3)4/h10-12,15H,6-9H2,1-5H3,(H,16,18). The van der Waals surface area contributed by atoms with Gasteiger partial charge in [0.25, 0.3) is 0 Å². The van der Waals surface area contributed by atoms with Crippen molar-refractivity contribution in [2.24, 2.45) is 11.8 Å². The second-order valence-corrected chi connectivity index (χ2v) is 5.54. The molecule has 1 aromatic heterocycles.